The highest BCUT2D eigenvalue weighted by atomic mass is 16.6. The molecule has 5 heteroatoms. The lowest BCUT2D eigenvalue weighted by atomic mass is 10.0. The van der Waals surface area contributed by atoms with E-state index in [2.05, 4.69) is 5.32 Å². The summed E-state index contributed by atoms with van der Waals surface area (Å²) in [6.07, 6.45) is 2.43. The molecule has 1 aromatic rings. The zero-order valence-electron chi connectivity index (χ0n) is 14.9. The highest BCUT2D eigenvalue weighted by Crippen LogP contribution is 2.19. The van der Waals surface area contributed by atoms with E-state index in [1.54, 1.807) is 6.92 Å². The second-order valence-corrected chi connectivity index (χ2v) is 6.32. The van der Waals surface area contributed by atoms with Crippen LogP contribution in [0.4, 0.5) is 4.79 Å². The molecule has 0 aromatic heterocycles. The van der Waals surface area contributed by atoms with Gasteiger partial charge in [-0.05, 0) is 51.7 Å². The minimum Gasteiger partial charge on any atom is -0.463 e. The molecule has 0 unspecified atom stereocenters. The molecule has 0 saturated heterocycles. The molecule has 0 aliphatic carbocycles. The Bertz CT molecular complexity index is 558. The van der Waals surface area contributed by atoms with E-state index in [1.165, 1.54) is 6.08 Å². The first-order valence-electron chi connectivity index (χ1n) is 8.21. The summed E-state index contributed by atoms with van der Waals surface area (Å²) in [6, 6.07) is 9.68. The second-order valence-electron chi connectivity index (χ2n) is 6.32. The summed E-state index contributed by atoms with van der Waals surface area (Å²) < 4.78 is 10.2. The zero-order valence-corrected chi connectivity index (χ0v) is 14.9. The van der Waals surface area contributed by atoms with E-state index in [1.807, 2.05) is 51.1 Å². The number of hydrogen-bond acceptors (Lipinski definition) is 4. The summed E-state index contributed by atoms with van der Waals surface area (Å²) in [5.41, 5.74) is 1.35. The van der Waals surface area contributed by atoms with Crippen molar-refractivity contribution < 1.29 is 19.1 Å². The average molecular weight is 333 g/mol. The van der Waals surface area contributed by atoms with E-state index in [0.717, 1.165) is 11.1 Å². The molecule has 1 aromatic carbocycles. The quantitative estimate of drug-likeness (QED) is 0.466. The Kier molecular flexibility index (Phi) is 8.02. The van der Waals surface area contributed by atoms with Crippen molar-refractivity contribution in [1.29, 1.82) is 0 Å². The molecule has 0 atom stereocenters. The Labute approximate surface area is 144 Å². The lowest BCUT2D eigenvalue weighted by molar-refractivity contribution is -0.137. The van der Waals surface area contributed by atoms with Gasteiger partial charge in [0.2, 0.25) is 0 Å². The molecule has 24 heavy (non-hydrogen) atoms. The number of nitrogens with one attached hydrogen (secondary N) is 1. The smallest absolute Gasteiger partial charge is 0.407 e. The van der Waals surface area contributed by atoms with Gasteiger partial charge in [-0.15, -0.1) is 0 Å². The summed E-state index contributed by atoms with van der Waals surface area (Å²) >= 11 is 0. The van der Waals surface area contributed by atoms with Crippen LogP contribution in [0.15, 0.2) is 36.4 Å². The summed E-state index contributed by atoms with van der Waals surface area (Å²) in [5, 5.41) is 2.72. The van der Waals surface area contributed by atoms with Gasteiger partial charge < -0.3 is 14.8 Å². The normalized spacial score (nSPS) is 11.8. The molecule has 1 amide bonds. The molecule has 132 valence electrons. The largest absolute Gasteiger partial charge is 0.463 e. The van der Waals surface area contributed by atoms with Crippen molar-refractivity contribution in [2.45, 2.75) is 46.1 Å². The number of allylic oxidation sites excluding steroid dienone is 1. The maximum absolute atomic E-state index is 11.7. The van der Waals surface area contributed by atoms with Crippen LogP contribution in [-0.4, -0.2) is 30.8 Å². The number of carbonyl (C=O) groups excluding carboxylic acids is 2. The molecule has 1 rings (SSSR count). The Morgan fingerprint density at radius 2 is 1.83 bits per heavy atom. The predicted octanol–water partition coefficient (Wildman–Crippen LogP) is 3.94. The van der Waals surface area contributed by atoms with Crippen molar-refractivity contribution in [3.63, 3.8) is 0 Å². The van der Waals surface area contributed by atoms with E-state index in [0.29, 0.717) is 26.0 Å². The van der Waals surface area contributed by atoms with E-state index in [-0.39, 0.29) is 5.97 Å². The van der Waals surface area contributed by atoms with Crippen LogP contribution in [0, 0.1) is 0 Å². The molecule has 0 spiro atoms. The molecule has 0 fully saturated rings. The van der Waals surface area contributed by atoms with Crippen molar-refractivity contribution >= 4 is 17.6 Å². The van der Waals surface area contributed by atoms with Gasteiger partial charge in [-0.25, -0.2) is 9.59 Å². The van der Waals surface area contributed by atoms with Crippen molar-refractivity contribution in [3.05, 3.63) is 42.0 Å². The lowest BCUT2D eigenvalue weighted by Gasteiger charge is -2.19. The van der Waals surface area contributed by atoms with Gasteiger partial charge in [0.1, 0.15) is 5.60 Å². The maximum atomic E-state index is 11.7. The molecule has 5 nitrogen and oxygen atoms in total. The Hall–Kier alpha value is -2.30. The fraction of sp³-hybridized carbons (Fsp3) is 0.474. The monoisotopic (exact) mass is 333 g/mol. The van der Waals surface area contributed by atoms with E-state index in [9.17, 15) is 9.59 Å². The number of carbonyl (C=O) groups is 2. The summed E-state index contributed by atoms with van der Waals surface area (Å²) in [6.45, 7) is 8.06. The van der Waals surface area contributed by atoms with Gasteiger partial charge in [-0.1, -0.05) is 30.3 Å². The van der Waals surface area contributed by atoms with Crippen molar-refractivity contribution in [2.24, 2.45) is 0 Å². The highest BCUT2D eigenvalue weighted by Gasteiger charge is 2.15. The molecule has 0 aliphatic heterocycles. The van der Waals surface area contributed by atoms with E-state index in [4.69, 9.17) is 9.47 Å². The number of hydrogen-bond donors (Lipinski definition) is 1. The first kappa shape index (κ1) is 19.7. The van der Waals surface area contributed by atoms with Gasteiger partial charge >= 0.3 is 12.1 Å². The van der Waals surface area contributed by atoms with Crippen LogP contribution in [0.25, 0.3) is 5.57 Å². The first-order valence-corrected chi connectivity index (χ1v) is 8.21. The fourth-order valence-electron chi connectivity index (χ4n) is 2.06. The Morgan fingerprint density at radius 3 is 2.42 bits per heavy atom. The van der Waals surface area contributed by atoms with Crippen molar-refractivity contribution in [1.82, 2.24) is 5.32 Å². The van der Waals surface area contributed by atoms with Gasteiger partial charge in [0.25, 0.3) is 0 Å². The van der Waals surface area contributed by atoms with Crippen LogP contribution in [0.5, 0.6) is 0 Å². The van der Waals surface area contributed by atoms with Crippen LogP contribution in [-0.2, 0) is 14.3 Å². The first-order chi connectivity index (χ1) is 11.3. The van der Waals surface area contributed by atoms with Gasteiger partial charge in [-0.2, -0.15) is 0 Å². The third kappa shape index (κ3) is 8.36. The van der Waals surface area contributed by atoms with Crippen LogP contribution in [0.1, 0.15) is 46.1 Å². The van der Waals surface area contributed by atoms with Crippen LogP contribution in [0.2, 0.25) is 0 Å². The number of rotatable bonds is 7. The van der Waals surface area contributed by atoms with Gasteiger partial charge in [0, 0.05) is 12.6 Å². The van der Waals surface area contributed by atoms with Gasteiger partial charge in [-0.3, -0.25) is 0 Å². The van der Waals surface area contributed by atoms with Crippen molar-refractivity contribution in [3.8, 4) is 0 Å². The second kappa shape index (κ2) is 9.75. The molecule has 1 N–H and O–H groups in total. The third-order valence-corrected chi connectivity index (χ3v) is 3.01. The van der Waals surface area contributed by atoms with Gasteiger partial charge in [0.15, 0.2) is 0 Å². The predicted molar refractivity (Wildman–Crippen MR) is 94.5 cm³/mol. The maximum Gasteiger partial charge on any atom is 0.407 e. The third-order valence-electron chi connectivity index (χ3n) is 3.01. The molecule has 0 radical (unpaired) electrons. The number of ether oxygens (including phenoxy) is 2. The zero-order chi connectivity index (χ0) is 18.0. The van der Waals surface area contributed by atoms with Crippen LogP contribution in [0.3, 0.4) is 0 Å². The number of alkyl carbamates (subject to hydrolysis) is 1. The molecular formula is C19H27NO4. The fourth-order valence-corrected chi connectivity index (χ4v) is 2.06. The number of amides is 1. The van der Waals surface area contributed by atoms with Crippen molar-refractivity contribution in [2.75, 3.05) is 13.2 Å². The minimum absolute atomic E-state index is 0.345. The summed E-state index contributed by atoms with van der Waals surface area (Å²) in [5.74, 6) is -0.351. The highest BCUT2D eigenvalue weighted by molar-refractivity contribution is 5.91. The minimum atomic E-state index is -0.511. The lowest BCUT2D eigenvalue weighted by Crippen LogP contribution is -2.33. The Balaban J connectivity index is 2.58. The molecule has 0 bridgehead atoms. The molecule has 0 saturated carbocycles. The van der Waals surface area contributed by atoms with Crippen LogP contribution < -0.4 is 5.32 Å². The average Bonchev–Trinajstić information content (AvgIpc) is 2.49. The number of esters is 1. The summed E-state index contributed by atoms with van der Waals surface area (Å²) in [7, 11) is 0. The topological polar surface area (TPSA) is 64.6 Å². The van der Waals surface area contributed by atoms with E-state index < -0.39 is 11.7 Å². The molecular weight excluding hydrogens is 306 g/mol. The standard InChI is InChI=1S/C19H27NO4/c1-5-23-17(21)14-16(15-10-7-6-8-11-15)12-9-13-20-18(22)24-19(2,3)4/h6-8,10-11,14H,5,9,12-13H2,1-4H3,(H,20,22). The van der Waals surface area contributed by atoms with Gasteiger partial charge in [0.05, 0.1) is 6.61 Å². The van der Waals surface area contributed by atoms with E-state index >= 15 is 0 Å². The summed E-state index contributed by atoms with van der Waals surface area (Å²) in [4.78, 5) is 23.4. The molecule has 0 heterocycles. The number of benzene rings is 1. The van der Waals surface area contributed by atoms with Crippen LogP contribution >= 0.6 is 0 Å². The molecule has 0 aliphatic rings. The Morgan fingerprint density at radius 1 is 1.17 bits per heavy atom. The SMILES string of the molecule is CCOC(=O)C=C(CCCNC(=O)OC(C)(C)C)c1ccccc1.